The first-order valence-electron chi connectivity index (χ1n) is 9.59. The molecule has 0 radical (unpaired) electrons. The molecule has 7 heteroatoms. The Kier molecular flexibility index (Phi) is 5.62. The number of aryl methyl sites for hydroxylation is 2. The lowest BCUT2D eigenvalue weighted by atomic mass is 10.2. The van der Waals surface area contributed by atoms with Crippen molar-refractivity contribution in [2.75, 3.05) is 0 Å². The Balaban J connectivity index is 1.81. The van der Waals surface area contributed by atoms with Gasteiger partial charge in [-0.25, -0.2) is 4.98 Å². The van der Waals surface area contributed by atoms with E-state index in [1.165, 1.54) is 4.68 Å². The number of aromatic nitrogens is 3. The molecule has 0 spiro atoms. The van der Waals surface area contributed by atoms with Crippen LogP contribution in [0.25, 0.3) is 16.6 Å². The van der Waals surface area contributed by atoms with Crippen LogP contribution in [0.4, 0.5) is 0 Å². The number of halogens is 2. The molecule has 0 aliphatic heterocycles. The van der Waals surface area contributed by atoms with Crippen molar-refractivity contribution >= 4 is 44.6 Å². The Hall–Kier alpha value is -2.70. The molecule has 2 aromatic carbocycles. The molecule has 0 saturated carbocycles. The molecule has 152 valence electrons. The van der Waals surface area contributed by atoms with Gasteiger partial charge in [-0.2, -0.15) is 9.78 Å². The maximum atomic E-state index is 13.1. The van der Waals surface area contributed by atoms with Gasteiger partial charge in [0.1, 0.15) is 5.82 Å². The summed E-state index contributed by atoms with van der Waals surface area (Å²) in [7, 11) is 0. The number of benzene rings is 2. The Morgan fingerprint density at radius 2 is 1.97 bits per heavy atom. The van der Waals surface area contributed by atoms with Crippen molar-refractivity contribution in [2.45, 2.75) is 27.2 Å². The van der Waals surface area contributed by atoms with Crippen LogP contribution in [0.3, 0.4) is 0 Å². The molecule has 30 heavy (non-hydrogen) atoms. The molecule has 5 nitrogen and oxygen atoms in total. The van der Waals surface area contributed by atoms with Crippen molar-refractivity contribution in [2.24, 2.45) is 5.10 Å². The molecule has 0 unspecified atom stereocenters. The number of hydrogen-bond acceptors (Lipinski definition) is 3. The van der Waals surface area contributed by atoms with E-state index in [-0.39, 0.29) is 5.56 Å². The zero-order chi connectivity index (χ0) is 21.4. The van der Waals surface area contributed by atoms with Gasteiger partial charge in [0.15, 0.2) is 0 Å². The van der Waals surface area contributed by atoms with E-state index in [9.17, 15) is 4.79 Å². The Labute approximate surface area is 187 Å². The van der Waals surface area contributed by atoms with E-state index in [0.29, 0.717) is 28.2 Å². The largest absolute Gasteiger partial charge is 0.318 e. The molecular formula is C23H20BrClN4O. The standard InChI is InChI=1S/C23H20BrClN4O/c1-4-22-27-21-9-8-17(24)11-20(21)23(30)29(22)26-13-16-10-14(2)28(15(16)3)19-7-5-6-18(25)12-19/h5-13H,4H2,1-3H3. The van der Waals surface area contributed by atoms with Crippen LogP contribution in [0.2, 0.25) is 5.02 Å². The van der Waals surface area contributed by atoms with Gasteiger partial charge in [-0.3, -0.25) is 4.79 Å². The summed E-state index contributed by atoms with van der Waals surface area (Å²) in [5.74, 6) is 0.620. The Bertz CT molecular complexity index is 1350. The van der Waals surface area contributed by atoms with E-state index in [1.54, 1.807) is 12.3 Å². The van der Waals surface area contributed by atoms with E-state index in [0.717, 1.165) is 27.1 Å². The second-order valence-electron chi connectivity index (χ2n) is 7.05. The van der Waals surface area contributed by atoms with Crippen molar-refractivity contribution in [3.63, 3.8) is 0 Å². The van der Waals surface area contributed by atoms with E-state index in [4.69, 9.17) is 11.6 Å². The summed E-state index contributed by atoms with van der Waals surface area (Å²) in [6.45, 7) is 6.02. The fourth-order valence-electron chi connectivity index (χ4n) is 3.59. The second kappa shape index (κ2) is 8.20. The van der Waals surface area contributed by atoms with Crippen LogP contribution in [0.1, 0.15) is 29.7 Å². The fraction of sp³-hybridized carbons (Fsp3) is 0.174. The summed E-state index contributed by atoms with van der Waals surface area (Å²) in [5, 5.41) is 5.73. The average Bonchev–Trinajstić information content (AvgIpc) is 3.00. The average molecular weight is 484 g/mol. The molecule has 2 heterocycles. The van der Waals surface area contributed by atoms with Gasteiger partial charge in [0, 0.05) is 38.6 Å². The number of fused-ring (bicyclic) bond motifs is 1. The van der Waals surface area contributed by atoms with Crippen LogP contribution in [0.5, 0.6) is 0 Å². The third-order valence-corrected chi connectivity index (χ3v) is 5.77. The first-order valence-corrected chi connectivity index (χ1v) is 10.8. The van der Waals surface area contributed by atoms with Gasteiger partial charge >= 0.3 is 0 Å². The summed E-state index contributed by atoms with van der Waals surface area (Å²) in [5.41, 5.74) is 4.47. The lowest BCUT2D eigenvalue weighted by Gasteiger charge is -2.10. The maximum Gasteiger partial charge on any atom is 0.282 e. The normalized spacial score (nSPS) is 11.6. The summed E-state index contributed by atoms with van der Waals surface area (Å²) in [6.07, 6.45) is 2.32. The molecule has 4 rings (SSSR count). The van der Waals surface area contributed by atoms with Gasteiger partial charge < -0.3 is 4.57 Å². The molecule has 0 saturated heterocycles. The quantitative estimate of drug-likeness (QED) is 0.351. The lowest BCUT2D eigenvalue weighted by molar-refractivity contribution is 0.734. The minimum absolute atomic E-state index is 0.182. The van der Waals surface area contributed by atoms with Crippen molar-refractivity contribution in [3.8, 4) is 5.69 Å². The monoisotopic (exact) mass is 482 g/mol. The zero-order valence-electron chi connectivity index (χ0n) is 16.9. The first-order chi connectivity index (χ1) is 14.4. The molecule has 0 amide bonds. The topological polar surface area (TPSA) is 52.2 Å². The summed E-state index contributed by atoms with van der Waals surface area (Å²) < 4.78 is 4.34. The van der Waals surface area contributed by atoms with Gasteiger partial charge in [0.25, 0.3) is 5.56 Å². The molecule has 0 aliphatic rings. The SMILES string of the molecule is CCc1nc2ccc(Br)cc2c(=O)n1N=Cc1cc(C)n(-c2cccc(Cl)c2)c1C. The molecule has 0 bridgehead atoms. The van der Waals surface area contributed by atoms with E-state index >= 15 is 0 Å². The van der Waals surface area contributed by atoms with Gasteiger partial charge in [0.05, 0.1) is 17.1 Å². The van der Waals surface area contributed by atoms with Crippen LogP contribution in [0, 0.1) is 13.8 Å². The van der Waals surface area contributed by atoms with E-state index < -0.39 is 0 Å². The van der Waals surface area contributed by atoms with Crippen LogP contribution in [0.15, 0.2) is 62.9 Å². The summed E-state index contributed by atoms with van der Waals surface area (Å²) in [6, 6.07) is 15.3. The molecule has 0 N–H and O–H groups in total. The molecule has 0 fully saturated rings. The number of hydrogen-bond donors (Lipinski definition) is 0. The van der Waals surface area contributed by atoms with E-state index in [2.05, 4.69) is 30.6 Å². The third-order valence-electron chi connectivity index (χ3n) is 5.04. The highest BCUT2D eigenvalue weighted by Crippen LogP contribution is 2.22. The fourth-order valence-corrected chi connectivity index (χ4v) is 4.14. The van der Waals surface area contributed by atoms with Crippen LogP contribution >= 0.6 is 27.5 Å². The van der Waals surface area contributed by atoms with Crippen molar-refractivity contribution in [1.82, 2.24) is 14.2 Å². The van der Waals surface area contributed by atoms with Crippen molar-refractivity contribution in [3.05, 3.63) is 91.2 Å². The number of rotatable bonds is 4. The maximum absolute atomic E-state index is 13.1. The smallest absolute Gasteiger partial charge is 0.282 e. The molecule has 0 aliphatic carbocycles. The highest BCUT2D eigenvalue weighted by molar-refractivity contribution is 9.10. The number of nitrogens with zero attached hydrogens (tertiary/aromatic N) is 4. The van der Waals surface area contributed by atoms with Gasteiger partial charge in [-0.05, 0) is 56.3 Å². The zero-order valence-corrected chi connectivity index (χ0v) is 19.2. The minimum Gasteiger partial charge on any atom is -0.318 e. The van der Waals surface area contributed by atoms with Gasteiger partial charge in [-0.1, -0.05) is 40.5 Å². The Morgan fingerprint density at radius 3 is 2.70 bits per heavy atom. The predicted molar refractivity (Wildman–Crippen MR) is 126 cm³/mol. The summed E-state index contributed by atoms with van der Waals surface area (Å²) in [4.78, 5) is 17.7. The van der Waals surface area contributed by atoms with Crippen LogP contribution in [-0.2, 0) is 6.42 Å². The third kappa shape index (κ3) is 3.73. The van der Waals surface area contributed by atoms with Gasteiger partial charge in [0.2, 0.25) is 0 Å². The van der Waals surface area contributed by atoms with Crippen molar-refractivity contribution in [1.29, 1.82) is 0 Å². The Morgan fingerprint density at radius 1 is 1.17 bits per heavy atom. The molecule has 2 aromatic heterocycles. The minimum atomic E-state index is -0.182. The predicted octanol–water partition coefficient (Wildman–Crippen LogP) is 5.66. The molecular weight excluding hydrogens is 464 g/mol. The highest BCUT2D eigenvalue weighted by Gasteiger charge is 2.12. The van der Waals surface area contributed by atoms with Crippen LogP contribution < -0.4 is 5.56 Å². The molecule has 0 atom stereocenters. The lowest BCUT2D eigenvalue weighted by Crippen LogP contribution is -2.22. The van der Waals surface area contributed by atoms with Crippen LogP contribution in [-0.4, -0.2) is 20.4 Å². The van der Waals surface area contributed by atoms with Gasteiger partial charge in [-0.15, -0.1) is 0 Å². The molecule has 4 aromatic rings. The highest BCUT2D eigenvalue weighted by atomic mass is 79.9. The van der Waals surface area contributed by atoms with Crippen molar-refractivity contribution < 1.29 is 0 Å². The first kappa shape index (κ1) is 20.6. The second-order valence-corrected chi connectivity index (χ2v) is 8.40. The van der Waals surface area contributed by atoms with E-state index in [1.807, 2.05) is 63.2 Å². The summed E-state index contributed by atoms with van der Waals surface area (Å²) >= 11 is 9.59.